The first kappa shape index (κ1) is 13.1. The number of nitrogens with zero attached hydrogens (tertiary/aromatic N) is 2. The van der Waals surface area contributed by atoms with Crippen molar-refractivity contribution in [3.63, 3.8) is 0 Å². The first-order valence-corrected chi connectivity index (χ1v) is 5.12. The van der Waals surface area contributed by atoms with Gasteiger partial charge in [0.05, 0.1) is 11.1 Å². The molecule has 0 aliphatic carbocycles. The van der Waals surface area contributed by atoms with E-state index in [-0.39, 0.29) is 22.5 Å². The van der Waals surface area contributed by atoms with Crippen LogP contribution in [0.15, 0.2) is 18.2 Å². The number of aliphatic carboxylic acids is 1. The summed E-state index contributed by atoms with van der Waals surface area (Å²) in [5.41, 5.74) is 4.66. The van der Waals surface area contributed by atoms with Crippen LogP contribution in [-0.2, 0) is 17.4 Å². The second-order valence-corrected chi connectivity index (χ2v) is 3.83. The molecule has 0 saturated heterocycles. The molecule has 1 aromatic carbocycles. The smallest absolute Gasteiger partial charge is 0.416 e. The molecule has 1 heterocycles. The first-order chi connectivity index (χ1) is 8.77. The molecule has 2 aromatic rings. The molecule has 2 rings (SSSR count). The van der Waals surface area contributed by atoms with E-state index in [0.717, 1.165) is 18.2 Å². The Morgan fingerprint density at radius 1 is 1.32 bits per heavy atom. The molecule has 0 saturated carbocycles. The molecular weight excluding hydrogens is 263 g/mol. The van der Waals surface area contributed by atoms with Crippen molar-refractivity contribution in [3.8, 4) is 0 Å². The summed E-state index contributed by atoms with van der Waals surface area (Å²) in [4.78, 5) is 18.1. The fraction of sp³-hybridized carbons (Fsp3) is 0.182. The average Bonchev–Trinajstić information content (AvgIpc) is 2.26. The van der Waals surface area contributed by atoms with Crippen molar-refractivity contribution in [1.29, 1.82) is 0 Å². The van der Waals surface area contributed by atoms with Gasteiger partial charge in [0.2, 0.25) is 0 Å². The monoisotopic (exact) mass is 271 g/mol. The Balaban J connectivity index is 2.59. The van der Waals surface area contributed by atoms with Gasteiger partial charge in [0.15, 0.2) is 0 Å². The van der Waals surface area contributed by atoms with Crippen LogP contribution >= 0.6 is 0 Å². The summed E-state index contributed by atoms with van der Waals surface area (Å²) in [5, 5.41) is 8.86. The van der Waals surface area contributed by atoms with Gasteiger partial charge < -0.3 is 10.8 Å². The maximum absolute atomic E-state index is 12.6. The number of benzene rings is 1. The van der Waals surface area contributed by atoms with Crippen LogP contribution in [0, 0.1) is 0 Å². The molecule has 0 amide bonds. The summed E-state index contributed by atoms with van der Waals surface area (Å²) in [5.74, 6) is -1.36. The number of nitrogen functional groups attached to an aromatic ring is 1. The van der Waals surface area contributed by atoms with Gasteiger partial charge in [-0.25, -0.2) is 9.97 Å². The van der Waals surface area contributed by atoms with Crippen molar-refractivity contribution in [2.45, 2.75) is 12.6 Å². The van der Waals surface area contributed by atoms with Gasteiger partial charge in [-0.15, -0.1) is 0 Å². The van der Waals surface area contributed by atoms with Gasteiger partial charge in [0.25, 0.3) is 0 Å². The molecular formula is C11H8F3N3O2. The molecule has 100 valence electrons. The molecule has 0 aliphatic rings. The minimum Gasteiger partial charge on any atom is -0.481 e. The van der Waals surface area contributed by atoms with Crippen molar-refractivity contribution in [1.82, 2.24) is 9.97 Å². The number of halogens is 3. The number of anilines is 1. The normalized spacial score (nSPS) is 11.7. The number of aromatic nitrogens is 2. The van der Waals surface area contributed by atoms with Crippen molar-refractivity contribution in [3.05, 3.63) is 29.6 Å². The Hall–Kier alpha value is -2.38. The Kier molecular flexibility index (Phi) is 3.01. The third kappa shape index (κ3) is 2.72. The van der Waals surface area contributed by atoms with E-state index >= 15 is 0 Å². The van der Waals surface area contributed by atoms with Crippen molar-refractivity contribution in [2.75, 3.05) is 5.73 Å². The number of rotatable bonds is 2. The molecule has 0 fully saturated rings. The summed E-state index contributed by atoms with van der Waals surface area (Å²) >= 11 is 0. The third-order valence-corrected chi connectivity index (χ3v) is 2.41. The zero-order valence-electron chi connectivity index (χ0n) is 9.40. The van der Waals surface area contributed by atoms with Gasteiger partial charge in [0.1, 0.15) is 18.1 Å². The number of carboxylic acids is 1. The SMILES string of the molecule is Nc1nc(CC(=O)O)nc2cc(C(F)(F)F)ccc12. The lowest BCUT2D eigenvalue weighted by atomic mass is 10.1. The quantitative estimate of drug-likeness (QED) is 0.870. The van der Waals surface area contributed by atoms with Crippen molar-refractivity contribution >= 4 is 22.7 Å². The highest BCUT2D eigenvalue weighted by molar-refractivity contribution is 5.88. The van der Waals surface area contributed by atoms with E-state index in [4.69, 9.17) is 10.8 Å². The van der Waals surface area contributed by atoms with Crippen LogP contribution in [0.2, 0.25) is 0 Å². The van der Waals surface area contributed by atoms with Gasteiger partial charge in [-0.3, -0.25) is 4.79 Å². The molecule has 5 nitrogen and oxygen atoms in total. The second-order valence-electron chi connectivity index (χ2n) is 3.83. The number of carboxylic acid groups (broad SMARTS) is 1. The standard InChI is InChI=1S/C11H8F3N3O2/c12-11(13,14)5-1-2-6-7(3-5)16-8(4-9(18)19)17-10(6)15/h1-3H,4H2,(H,18,19)(H2,15,16,17). The number of nitrogens with two attached hydrogens (primary N) is 1. The Labute approximate surface area is 104 Å². The Morgan fingerprint density at radius 2 is 2.00 bits per heavy atom. The molecule has 0 aliphatic heterocycles. The van der Waals surface area contributed by atoms with E-state index in [1.54, 1.807) is 0 Å². The van der Waals surface area contributed by atoms with Crippen molar-refractivity contribution < 1.29 is 23.1 Å². The van der Waals surface area contributed by atoms with E-state index in [1.165, 1.54) is 0 Å². The molecule has 3 N–H and O–H groups in total. The third-order valence-electron chi connectivity index (χ3n) is 2.41. The fourth-order valence-electron chi connectivity index (χ4n) is 1.59. The lowest BCUT2D eigenvalue weighted by Crippen LogP contribution is -2.09. The number of hydrogen-bond donors (Lipinski definition) is 2. The van der Waals surface area contributed by atoms with E-state index in [9.17, 15) is 18.0 Å². The van der Waals surface area contributed by atoms with Gasteiger partial charge in [-0.05, 0) is 18.2 Å². The summed E-state index contributed by atoms with van der Waals surface area (Å²) in [7, 11) is 0. The van der Waals surface area contributed by atoms with E-state index in [2.05, 4.69) is 9.97 Å². The highest BCUT2D eigenvalue weighted by Gasteiger charge is 2.30. The average molecular weight is 271 g/mol. The minimum atomic E-state index is -4.50. The topological polar surface area (TPSA) is 89.1 Å². The largest absolute Gasteiger partial charge is 0.481 e. The van der Waals surface area contributed by atoms with Gasteiger partial charge in [0, 0.05) is 5.39 Å². The first-order valence-electron chi connectivity index (χ1n) is 5.12. The van der Waals surface area contributed by atoms with Gasteiger partial charge in [-0.2, -0.15) is 13.2 Å². The van der Waals surface area contributed by atoms with Crippen LogP contribution in [0.3, 0.4) is 0 Å². The minimum absolute atomic E-state index is 0.0291. The maximum atomic E-state index is 12.6. The summed E-state index contributed by atoms with van der Waals surface area (Å²) < 4.78 is 37.7. The molecule has 1 aromatic heterocycles. The van der Waals surface area contributed by atoms with Crippen LogP contribution < -0.4 is 5.73 Å². The lowest BCUT2D eigenvalue weighted by molar-refractivity contribution is -0.138. The zero-order chi connectivity index (χ0) is 14.2. The van der Waals surface area contributed by atoms with Crippen molar-refractivity contribution in [2.24, 2.45) is 0 Å². The predicted octanol–water partition coefficient (Wildman–Crippen LogP) is 1.86. The molecule has 0 spiro atoms. The Bertz CT molecular complexity index is 655. The highest BCUT2D eigenvalue weighted by atomic mass is 19.4. The van der Waals surface area contributed by atoms with Gasteiger partial charge in [-0.1, -0.05) is 0 Å². The maximum Gasteiger partial charge on any atom is 0.416 e. The highest BCUT2D eigenvalue weighted by Crippen LogP contribution is 2.31. The molecule has 19 heavy (non-hydrogen) atoms. The van der Waals surface area contributed by atoms with Crippen LogP contribution in [0.5, 0.6) is 0 Å². The van der Waals surface area contributed by atoms with Crippen LogP contribution in [-0.4, -0.2) is 21.0 Å². The van der Waals surface area contributed by atoms with E-state index in [1.807, 2.05) is 0 Å². The zero-order valence-corrected chi connectivity index (χ0v) is 9.40. The number of alkyl halides is 3. The Morgan fingerprint density at radius 3 is 2.58 bits per heavy atom. The van der Waals surface area contributed by atoms with Crippen LogP contribution in [0.1, 0.15) is 11.4 Å². The molecule has 0 unspecified atom stereocenters. The second kappa shape index (κ2) is 4.38. The predicted molar refractivity (Wildman–Crippen MR) is 60.3 cm³/mol. The molecule has 0 bridgehead atoms. The summed E-state index contributed by atoms with van der Waals surface area (Å²) in [6, 6.07) is 2.86. The summed E-state index contributed by atoms with van der Waals surface area (Å²) in [6.07, 6.45) is -5.00. The van der Waals surface area contributed by atoms with E-state index in [0.29, 0.717) is 0 Å². The number of fused-ring (bicyclic) bond motifs is 1. The fourth-order valence-corrected chi connectivity index (χ4v) is 1.59. The molecule has 0 radical (unpaired) electrons. The van der Waals surface area contributed by atoms with Crippen LogP contribution in [0.25, 0.3) is 10.9 Å². The van der Waals surface area contributed by atoms with E-state index < -0.39 is 24.1 Å². The molecule has 8 heteroatoms. The van der Waals surface area contributed by atoms with Crippen LogP contribution in [0.4, 0.5) is 19.0 Å². The number of hydrogen-bond acceptors (Lipinski definition) is 4. The summed E-state index contributed by atoms with van der Waals surface area (Å²) in [6.45, 7) is 0. The van der Waals surface area contributed by atoms with Gasteiger partial charge >= 0.3 is 12.1 Å². The number of carbonyl (C=O) groups is 1. The molecule has 0 atom stereocenters. The lowest BCUT2D eigenvalue weighted by Gasteiger charge is -2.09.